The molecule has 0 aromatic carbocycles. The maximum absolute atomic E-state index is 12.4. The molecule has 3 heterocycles. The number of aromatic amines is 1. The first-order chi connectivity index (χ1) is 11.7. The molecule has 1 N–H and O–H groups in total. The van der Waals surface area contributed by atoms with E-state index in [2.05, 4.69) is 27.2 Å². The average Bonchev–Trinajstić information content (AvgIpc) is 3.22. The number of nitrogens with zero attached hydrogens (tertiary/aromatic N) is 5. The molecule has 2 aromatic heterocycles. The molecule has 1 fully saturated rings. The molecule has 1 atom stereocenters. The van der Waals surface area contributed by atoms with Crippen LogP contribution in [0.2, 0.25) is 0 Å². The third-order valence-electron chi connectivity index (χ3n) is 4.06. The summed E-state index contributed by atoms with van der Waals surface area (Å²) in [6, 6.07) is 0. The molecule has 0 unspecified atom stereocenters. The van der Waals surface area contributed by atoms with Gasteiger partial charge in [-0.3, -0.25) is 14.6 Å². The number of morpholine rings is 1. The summed E-state index contributed by atoms with van der Waals surface area (Å²) in [5, 5.41) is 11.4. The van der Waals surface area contributed by atoms with Crippen molar-refractivity contribution in [3.05, 3.63) is 29.6 Å². The van der Waals surface area contributed by atoms with E-state index in [1.54, 1.807) is 10.9 Å². The lowest BCUT2D eigenvalue weighted by Gasteiger charge is -2.31. The highest BCUT2D eigenvalue weighted by Gasteiger charge is 2.27. The minimum absolute atomic E-state index is 0.112. The number of aryl methyl sites for hydroxylation is 3. The highest BCUT2D eigenvalue weighted by atomic mass is 16.5. The Morgan fingerprint density at radius 1 is 1.50 bits per heavy atom. The minimum atomic E-state index is -0.253. The Kier molecular flexibility index (Phi) is 5.24. The van der Waals surface area contributed by atoms with Crippen LogP contribution < -0.4 is 0 Å². The second-order valence-corrected chi connectivity index (χ2v) is 6.12. The molecule has 1 aliphatic heterocycles. The van der Waals surface area contributed by atoms with Crippen molar-refractivity contribution in [3.8, 4) is 0 Å². The fourth-order valence-electron chi connectivity index (χ4n) is 2.79. The number of hydrogen-bond donors (Lipinski definition) is 1. The van der Waals surface area contributed by atoms with Gasteiger partial charge >= 0.3 is 0 Å². The SMILES string of the molecule is CCCc1nc([C@H]2CN(C(=O)CCn3cc(C)cn3)CCO2)n[nH]1. The fraction of sp³-hybridized carbons (Fsp3) is 0.625. The predicted octanol–water partition coefficient (Wildman–Crippen LogP) is 1.25. The van der Waals surface area contributed by atoms with Gasteiger partial charge in [-0.2, -0.15) is 10.2 Å². The van der Waals surface area contributed by atoms with Crippen LogP contribution in [0.3, 0.4) is 0 Å². The van der Waals surface area contributed by atoms with E-state index in [0.29, 0.717) is 38.5 Å². The molecular weight excluding hydrogens is 308 g/mol. The number of amides is 1. The Morgan fingerprint density at radius 3 is 3.12 bits per heavy atom. The van der Waals surface area contributed by atoms with Crippen molar-refractivity contribution in [2.45, 2.75) is 45.8 Å². The van der Waals surface area contributed by atoms with Crippen molar-refractivity contribution in [2.24, 2.45) is 0 Å². The fourth-order valence-corrected chi connectivity index (χ4v) is 2.79. The number of hydrogen-bond acceptors (Lipinski definition) is 5. The lowest BCUT2D eigenvalue weighted by atomic mass is 10.2. The van der Waals surface area contributed by atoms with Gasteiger partial charge in [0.25, 0.3) is 0 Å². The van der Waals surface area contributed by atoms with Gasteiger partial charge in [0.1, 0.15) is 11.9 Å². The van der Waals surface area contributed by atoms with Crippen LogP contribution in [-0.2, 0) is 22.5 Å². The van der Waals surface area contributed by atoms with Crippen LogP contribution >= 0.6 is 0 Å². The molecule has 8 nitrogen and oxygen atoms in total. The smallest absolute Gasteiger partial charge is 0.224 e. The first-order valence-corrected chi connectivity index (χ1v) is 8.45. The van der Waals surface area contributed by atoms with Crippen LogP contribution in [0, 0.1) is 6.92 Å². The van der Waals surface area contributed by atoms with Crippen LogP contribution in [-0.4, -0.2) is 55.5 Å². The van der Waals surface area contributed by atoms with Gasteiger partial charge in [-0.25, -0.2) is 4.98 Å². The number of aromatic nitrogens is 5. The highest BCUT2D eigenvalue weighted by molar-refractivity contribution is 5.76. The van der Waals surface area contributed by atoms with E-state index in [-0.39, 0.29) is 12.0 Å². The molecule has 8 heteroatoms. The van der Waals surface area contributed by atoms with Gasteiger partial charge in [0.15, 0.2) is 5.82 Å². The zero-order valence-electron chi connectivity index (χ0n) is 14.2. The van der Waals surface area contributed by atoms with E-state index in [1.807, 2.05) is 18.0 Å². The van der Waals surface area contributed by atoms with Crippen LogP contribution in [0.15, 0.2) is 12.4 Å². The number of nitrogens with one attached hydrogen (secondary N) is 1. The third kappa shape index (κ3) is 4.00. The van der Waals surface area contributed by atoms with E-state index in [1.165, 1.54) is 0 Å². The van der Waals surface area contributed by atoms with Crippen LogP contribution in [0.5, 0.6) is 0 Å². The van der Waals surface area contributed by atoms with Crippen molar-refractivity contribution < 1.29 is 9.53 Å². The summed E-state index contributed by atoms with van der Waals surface area (Å²) < 4.78 is 7.55. The molecule has 1 amide bonds. The quantitative estimate of drug-likeness (QED) is 0.860. The van der Waals surface area contributed by atoms with Gasteiger partial charge in [-0.05, 0) is 18.9 Å². The van der Waals surface area contributed by atoms with Gasteiger partial charge in [-0.15, -0.1) is 0 Å². The molecule has 2 aromatic rings. The number of carbonyl (C=O) groups excluding carboxylic acids is 1. The molecule has 130 valence electrons. The summed E-state index contributed by atoms with van der Waals surface area (Å²) in [5.41, 5.74) is 1.10. The lowest BCUT2D eigenvalue weighted by molar-refractivity contribution is -0.139. The van der Waals surface area contributed by atoms with Crippen molar-refractivity contribution >= 4 is 5.91 Å². The Morgan fingerprint density at radius 2 is 2.38 bits per heavy atom. The molecule has 1 saturated heterocycles. The maximum atomic E-state index is 12.4. The van der Waals surface area contributed by atoms with E-state index in [9.17, 15) is 4.79 Å². The number of carbonyl (C=O) groups is 1. The van der Waals surface area contributed by atoms with Gasteiger partial charge in [0, 0.05) is 32.1 Å². The summed E-state index contributed by atoms with van der Waals surface area (Å²) in [7, 11) is 0. The molecule has 0 aliphatic carbocycles. The van der Waals surface area contributed by atoms with E-state index >= 15 is 0 Å². The molecule has 1 aliphatic rings. The minimum Gasteiger partial charge on any atom is -0.366 e. The zero-order chi connectivity index (χ0) is 16.9. The predicted molar refractivity (Wildman–Crippen MR) is 87.2 cm³/mol. The number of ether oxygens (including phenoxy) is 1. The second kappa shape index (κ2) is 7.57. The highest BCUT2D eigenvalue weighted by Crippen LogP contribution is 2.20. The largest absolute Gasteiger partial charge is 0.366 e. The normalized spacial score (nSPS) is 18.1. The molecule has 3 rings (SSSR count). The summed E-state index contributed by atoms with van der Waals surface area (Å²) in [6.07, 6.45) is 5.80. The standard InChI is InChI=1S/C16H24N6O2/c1-3-4-14-18-16(20-19-14)13-11-21(7-8-24-13)15(23)5-6-22-10-12(2)9-17-22/h9-10,13H,3-8,11H2,1-2H3,(H,18,19,20)/t13-/m1/s1. The zero-order valence-corrected chi connectivity index (χ0v) is 14.2. The summed E-state index contributed by atoms with van der Waals surface area (Å²) >= 11 is 0. The van der Waals surface area contributed by atoms with Crippen LogP contribution in [0.25, 0.3) is 0 Å². The first kappa shape index (κ1) is 16.6. The van der Waals surface area contributed by atoms with E-state index < -0.39 is 0 Å². The Balaban J connectivity index is 1.54. The van der Waals surface area contributed by atoms with Crippen LogP contribution in [0.4, 0.5) is 0 Å². The summed E-state index contributed by atoms with van der Waals surface area (Å²) in [5.74, 6) is 1.62. The summed E-state index contributed by atoms with van der Waals surface area (Å²) in [4.78, 5) is 18.7. The van der Waals surface area contributed by atoms with Gasteiger partial charge < -0.3 is 9.64 Å². The van der Waals surface area contributed by atoms with E-state index in [4.69, 9.17) is 4.74 Å². The molecular formula is C16H24N6O2. The van der Waals surface area contributed by atoms with Gasteiger partial charge in [0.2, 0.25) is 5.91 Å². The molecule has 0 saturated carbocycles. The molecule has 0 radical (unpaired) electrons. The van der Waals surface area contributed by atoms with Gasteiger partial charge in [0.05, 0.1) is 19.3 Å². The van der Waals surface area contributed by atoms with Crippen molar-refractivity contribution in [2.75, 3.05) is 19.7 Å². The number of H-pyrrole nitrogens is 1. The van der Waals surface area contributed by atoms with Crippen molar-refractivity contribution in [3.63, 3.8) is 0 Å². The Bertz CT molecular complexity index is 680. The topological polar surface area (TPSA) is 88.9 Å². The van der Waals surface area contributed by atoms with Crippen molar-refractivity contribution in [1.82, 2.24) is 29.9 Å². The van der Waals surface area contributed by atoms with Gasteiger partial charge in [-0.1, -0.05) is 6.92 Å². The number of rotatable bonds is 6. The molecule has 24 heavy (non-hydrogen) atoms. The first-order valence-electron chi connectivity index (χ1n) is 8.45. The van der Waals surface area contributed by atoms with Crippen molar-refractivity contribution in [1.29, 1.82) is 0 Å². The van der Waals surface area contributed by atoms with Crippen LogP contribution in [0.1, 0.15) is 43.1 Å². The third-order valence-corrected chi connectivity index (χ3v) is 4.06. The maximum Gasteiger partial charge on any atom is 0.224 e. The second-order valence-electron chi connectivity index (χ2n) is 6.12. The monoisotopic (exact) mass is 332 g/mol. The molecule has 0 spiro atoms. The summed E-state index contributed by atoms with van der Waals surface area (Å²) in [6.45, 7) is 6.30. The van der Waals surface area contributed by atoms with E-state index in [0.717, 1.165) is 24.2 Å². The lowest BCUT2D eigenvalue weighted by Crippen LogP contribution is -2.42. The average molecular weight is 332 g/mol. The Hall–Kier alpha value is -2.22. The Labute approximate surface area is 141 Å². The molecule has 0 bridgehead atoms.